The van der Waals surface area contributed by atoms with Crippen molar-refractivity contribution < 1.29 is 9.13 Å². The highest BCUT2D eigenvalue weighted by Gasteiger charge is 2.20. The van der Waals surface area contributed by atoms with Crippen LogP contribution in [0.15, 0.2) is 71.4 Å². The van der Waals surface area contributed by atoms with E-state index in [1.54, 1.807) is 18.5 Å². The van der Waals surface area contributed by atoms with Gasteiger partial charge >= 0.3 is 0 Å². The number of hydrogen-bond donors (Lipinski definition) is 1. The lowest BCUT2D eigenvalue weighted by atomic mass is 9.98. The Morgan fingerprint density at radius 1 is 1.12 bits per heavy atom. The standard InChI is InChI=1S/C26H24FN3O2S/c1-5-33-28-15-18-9-8-12-22(32-25-16(2)13-19(27)14-17(25)3)23(18)24-20-10-6-7-11-21(20)26(31)30(4)29-24/h5-14,28H,1,15H2,2-4H3. The maximum absolute atomic E-state index is 13.9. The highest BCUT2D eigenvalue weighted by Crippen LogP contribution is 2.39. The number of hydrogen-bond acceptors (Lipinski definition) is 5. The second-order valence-corrected chi connectivity index (χ2v) is 8.55. The molecule has 1 aromatic heterocycles. The molecule has 0 aliphatic carbocycles. The highest BCUT2D eigenvalue weighted by atomic mass is 32.2. The van der Waals surface area contributed by atoms with Gasteiger partial charge in [-0.25, -0.2) is 9.07 Å². The summed E-state index contributed by atoms with van der Waals surface area (Å²) in [6, 6.07) is 16.1. The van der Waals surface area contributed by atoms with Crippen molar-refractivity contribution >= 4 is 22.7 Å². The average Bonchev–Trinajstić information content (AvgIpc) is 2.79. The lowest BCUT2D eigenvalue weighted by Gasteiger charge is -2.19. The van der Waals surface area contributed by atoms with Gasteiger partial charge in [0.05, 0.1) is 5.39 Å². The van der Waals surface area contributed by atoms with Gasteiger partial charge in [0.15, 0.2) is 0 Å². The minimum absolute atomic E-state index is 0.167. The summed E-state index contributed by atoms with van der Waals surface area (Å²) in [6.45, 7) is 7.88. The Labute approximate surface area is 196 Å². The molecule has 7 heteroatoms. The summed E-state index contributed by atoms with van der Waals surface area (Å²) in [5.74, 6) is 0.868. The smallest absolute Gasteiger partial charge is 0.274 e. The van der Waals surface area contributed by atoms with E-state index in [4.69, 9.17) is 4.74 Å². The molecule has 0 fully saturated rings. The number of nitrogens with zero attached hydrogens (tertiary/aromatic N) is 2. The number of benzene rings is 3. The number of nitrogens with one attached hydrogen (secondary N) is 1. The minimum Gasteiger partial charge on any atom is -0.456 e. The van der Waals surface area contributed by atoms with Crippen LogP contribution in [-0.4, -0.2) is 9.78 Å². The number of halogens is 1. The topological polar surface area (TPSA) is 56.1 Å². The Balaban J connectivity index is 1.97. The van der Waals surface area contributed by atoms with E-state index in [1.165, 1.54) is 28.8 Å². The third-order valence-electron chi connectivity index (χ3n) is 5.37. The van der Waals surface area contributed by atoms with Crippen LogP contribution in [0.3, 0.4) is 0 Å². The average molecular weight is 462 g/mol. The Hall–Kier alpha value is -3.42. The van der Waals surface area contributed by atoms with Crippen molar-refractivity contribution in [3.63, 3.8) is 0 Å². The highest BCUT2D eigenvalue weighted by molar-refractivity contribution is 8.00. The van der Waals surface area contributed by atoms with Crippen LogP contribution in [0.1, 0.15) is 16.7 Å². The van der Waals surface area contributed by atoms with Crippen LogP contribution in [-0.2, 0) is 13.6 Å². The molecule has 0 radical (unpaired) electrons. The number of ether oxygens (including phenoxy) is 1. The molecule has 5 nitrogen and oxygen atoms in total. The van der Waals surface area contributed by atoms with E-state index in [1.807, 2.05) is 50.2 Å². The maximum Gasteiger partial charge on any atom is 0.274 e. The first-order valence-corrected chi connectivity index (χ1v) is 11.3. The van der Waals surface area contributed by atoms with Gasteiger partial charge < -0.3 is 4.74 Å². The molecule has 0 saturated heterocycles. The van der Waals surface area contributed by atoms with Crippen LogP contribution in [0.2, 0.25) is 0 Å². The Kier molecular flexibility index (Phi) is 6.62. The molecular formula is C26H24FN3O2S. The summed E-state index contributed by atoms with van der Waals surface area (Å²) < 4.78 is 24.9. The van der Waals surface area contributed by atoms with Gasteiger partial charge in [-0.3, -0.25) is 9.52 Å². The monoisotopic (exact) mass is 461 g/mol. The number of fused-ring (bicyclic) bond motifs is 1. The quantitative estimate of drug-likeness (QED) is 0.269. The molecular weight excluding hydrogens is 437 g/mol. The van der Waals surface area contributed by atoms with Gasteiger partial charge in [0.2, 0.25) is 0 Å². The molecule has 168 valence electrons. The van der Waals surface area contributed by atoms with Crippen molar-refractivity contribution in [1.29, 1.82) is 0 Å². The zero-order valence-corrected chi connectivity index (χ0v) is 19.5. The van der Waals surface area contributed by atoms with Crippen molar-refractivity contribution in [3.05, 3.63) is 99.4 Å². The van der Waals surface area contributed by atoms with Gasteiger partial charge in [-0.15, -0.1) is 0 Å². The summed E-state index contributed by atoms with van der Waals surface area (Å²) in [6.07, 6.45) is 0. The van der Waals surface area contributed by atoms with Gasteiger partial charge in [0.1, 0.15) is 23.0 Å². The molecule has 0 unspecified atom stereocenters. The second kappa shape index (κ2) is 9.60. The van der Waals surface area contributed by atoms with Gasteiger partial charge in [0, 0.05) is 24.5 Å². The third-order valence-corrected chi connectivity index (χ3v) is 5.85. The zero-order chi connectivity index (χ0) is 23.5. The Morgan fingerprint density at radius 2 is 1.82 bits per heavy atom. The molecule has 4 rings (SSSR count). The second-order valence-electron chi connectivity index (χ2n) is 7.69. The normalized spacial score (nSPS) is 11.0. The van der Waals surface area contributed by atoms with E-state index in [-0.39, 0.29) is 11.4 Å². The number of rotatable bonds is 7. The van der Waals surface area contributed by atoms with E-state index >= 15 is 0 Å². The van der Waals surface area contributed by atoms with Crippen molar-refractivity contribution in [2.45, 2.75) is 20.4 Å². The lowest BCUT2D eigenvalue weighted by molar-refractivity contribution is 0.473. The van der Waals surface area contributed by atoms with Crippen LogP contribution in [0.5, 0.6) is 11.5 Å². The molecule has 0 saturated carbocycles. The van der Waals surface area contributed by atoms with Crippen molar-refractivity contribution in [2.75, 3.05) is 0 Å². The third kappa shape index (κ3) is 4.55. The van der Waals surface area contributed by atoms with Gasteiger partial charge in [-0.05, 0) is 60.2 Å². The molecule has 3 aromatic carbocycles. The van der Waals surface area contributed by atoms with E-state index in [9.17, 15) is 9.18 Å². The fraction of sp³-hybridized carbons (Fsp3) is 0.154. The van der Waals surface area contributed by atoms with E-state index in [0.29, 0.717) is 40.3 Å². The lowest BCUT2D eigenvalue weighted by Crippen LogP contribution is -2.20. The van der Waals surface area contributed by atoms with E-state index < -0.39 is 0 Å². The van der Waals surface area contributed by atoms with Crippen LogP contribution < -0.4 is 15.0 Å². The van der Waals surface area contributed by atoms with Crippen LogP contribution >= 0.6 is 11.9 Å². The van der Waals surface area contributed by atoms with Gasteiger partial charge in [-0.2, -0.15) is 5.10 Å². The summed E-state index contributed by atoms with van der Waals surface area (Å²) in [7, 11) is 1.64. The molecule has 0 aliphatic rings. The molecule has 0 atom stereocenters. The zero-order valence-electron chi connectivity index (χ0n) is 18.7. The molecule has 4 aromatic rings. The SMILES string of the molecule is C=CSNCc1cccc(Oc2c(C)cc(F)cc2C)c1-c1nn(C)c(=O)c2ccccc12. The summed E-state index contributed by atoms with van der Waals surface area (Å²) in [4.78, 5) is 12.7. The Morgan fingerprint density at radius 3 is 2.52 bits per heavy atom. The van der Waals surface area contributed by atoms with Crippen molar-refractivity contribution in [1.82, 2.24) is 14.5 Å². The van der Waals surface area contributed by atoms with E-state index in [2.05, 4.69) is 16.4 Å². The predicted molar refractivity (Wildman–Crippen MR) is 133 cm³/mol. The molecule has 1 N–H and O–H groups in total. The first kappa shape index (κ1) is 22.8. The number of aryl methyl sites for hydroxylation is 3. The van der Waals surface area contributed by atoms with Crippen molar-refractivity contribution in [2.24, 2.45) is 7.05 Å². The Bertz CT molecular complexity index is 1390. The van der Waals surface area contributed by atoms with Gasteiger partial charge in [0.25, 0.3) is 5.56 Å². The molecule has 0 amide bonds. The fourth-order valence-electron chi connectivity index (χ4n) is 3.91. The fourth-order valence-corrected chi connectivity index (χ4v) is 4.27. The molecule has 0 aliphatic heterocycles. The van der Waals surface area contributed by atoms with Gasteiger partial charge in [-0.1, -0.05) is 48.9 Å². The maximum atomic E-state index is 13.9. The summed E-state index contributed by atoms with van der Waals surface area (Å²) in [5, 5.41) is 7.66. The summed E-state index contributed by atoms with van der Waals surface area (Å²) >= 11 is 1.39. The summed E-state index contributed by atoms with van der Waals surface area (Å²) in [5.41, 5.74) is 3.58. The van der Waals surface area contributed by atoms with Crippen LogP contribution in [0.4, 0.5) is 4.39 Å². The van der Waals surface area contributed by atoms with E-state index in [0.717, 1.165) is 16.5 Å². The first-order chi connectivity index (χ1) is 15.9. The molecule has 0 spiro atoms. The van der Waals surface area contributed by atoms with Crippen LogP contribution in [0.25, 0.3) is 22.0 Å². The van der Waals surface area contributed by atoms with Crippen molar-refractivity contribution in [3.8, 4) is 22.8 Å². The van der Waals surface area contributed by atoms with Crippen LogP contribution in [0, 0.1) is 19.7 Å². The molecule has 33 heavy (non-hydrogen) atoms. The molecule has 0 bridgehead atoms. The number of aromatic nitrogens is 2. The first-order valence-electron chi connectivity index (χ1n) is 10.4. The predicted octanol–water partition coefficient (Wildman–Crippen LogP) is 6.03. The largest absolute Gasteiger partial charge is 0.456 e. The minimum atomic E-state index is -0.303. The molecule has 1 heterocycles.